The normalized spacial score (nSPS) is 25.8. The Morgan fingerprint density at radius 1 is 1.28 bits per heavy atom. The molecule has 1 saturated heterocycles. The van der Waals surface area contributed by atoms with Crippen LogP contribution in [0.2, 0.25) is 0 Å². The minimum atomic E-state index is -0.591. The minimum Gasteiger partial charge on any atom is -0.335 e. The summed E-state index contributed by atoms with van der Waals surface area (Å²) >= 11 is 0. The van der Waals surface area contributed by atoms with Crippen molar-refractivity contribution in [1.29, 1.82) is 0 Å². The summed E-state index contributed by atoms with van der Waals surface area (Å²) in [6, 6.07) is -0.720. The Labute approximate surface area is 106 Å². The number of urea groups is 1. The Morgan fingerprint density at radius 3 is 2.61 bits per heavy atom. The zero-order valence-corrected chi connectivity index (χ0v) is 10.6. The molecule has 100 valence electrons. The van der Waals surface area contributed by atoms with E-state index in [2.05, 4.69) is 10.6 Å². The number of hydrogen-bond donors (Lipinski definition) is 2. The molecule has 0 bridgehead atoms. The minimum absolute atomic E-state index is 0.0501. The average Bonchev–Trinajstić information content (AvgIpc) is 2.35. The average molecular weight is 253 g/mol. The molecule has 2 aliphatic rings. The molecule has 1 atom stereocenters. The molecule has 1 unspecified atom stereocenters. The summed E-state index contributed by atoms with van der Waals surface area (Å²) < 4.78 is 0. The molecule has 0 aromatic heterocycles. The summed E-state index contributed by atoms with van der Waals surface area (Å²) in [5.41, 5.74) is 0. The zero-order chi connectivity index (χ0) is 13.1. The van der Waals surface area contributed by atoms with Crippen LogP contribution in [0.15, 0.2) is 0 Å². The van der Waals surface area contributed by atoms with E-state index in [1.165, 1.54) is 11.3 Å². The largest absolute Gasteiger partial charge is 0.335 e. The number of amides is 4. The molecule has 2 N–H and O–H groups in total. The lowest BCUT2D eigenvalue weighted by atomic mass is 9.96. The first-order valence-corrected chi connectivity index (χ1v) is 6.49. The Bertz CT molecular complexity index is 364. The summed E-state index contributed by atoms with van der Waals surface area (Å²) in [5.74, 6) is -0.832. The van der Waals surface area contributed by atoms with E-state index in [9.17, 15) is 14.4 Å². The van der Waals surface area contributed by atoms with Gasteiger partial charge in [-0.25, -0.2) is 4.79 Å². The lowest BCUT2D eigenvalue weighted by Crippen LogP contribution is -2.61. The standard InChI is InChI=1S/C12H19N3O3/c1-8-11(17)14-10(16)7-15(8)12(18)13-9-5-3-2-4-6-9/h8-9H,2-7H2,1H3,(H,13,18)(H,14,16,17). The highest BCUT2D eigenvalue weighted by Gasteiger charge is 2.34. The van der Waals surface area contributed by atoms with Crippen LogP contribution >= 0.6 is 0 Å². The van der Waals surface area contributed by atoms with E-state index in [1.807, 2.05) is 0 Å². The molecule has 0 aromatic carbocycles. The van der Waals surface area contributed by atoms with E-state index in [0.717, 1.165) is 25.7 Å². The zero-order valence-electron chi connectivity index (χ0n) is 10.6. The highest BCUT2D eigenvalue weighted by Crippen LogP contribution is 2.18. The van der Waals surface area contributed by atoms with Crippen molar-refractivity contribution in [2.45, 2.75) is 51.1 Å². The van der Waals surface area contributed by atoms with Crippen LogP contribution in [-0.2, 0) is 9.59 Å². The molecule has 0 spiro atoms. The third kappa shape index (κ3) is 2.80. The van der Waals surface area contributed by atoms with Crippen molar-refractivity contribution < 1.29 is 14.4 Å². The maximum Gasteiger partial charge on any atom is 0.318 e. The lowest BCUT2D eigenvalue weighted by molar-refractivity contribution is -0.137. The smallest absolute Gasteiger partial charge is 0.318 e. The number of piperazine rings is 1. The first-order valence-electron chi connectivity index (χ1n) is 6.49. The molecule has 0 aromatic rings. The summed E-state index contributed by atoms with van der Waals surface area (Å²) in [5, 5.41) is 5.13. The van der Waals surface area contributed by atoms with Crippen LogP contribution in [0.1, 0.15) is 39.0 Å². The molecule has 1 aliphatic heterocycles. The number of imide groups is 1. The van der Waals surface area contributed by atoms with Crippen molar-refractivity contribution in [3.63, 3.8) is 0 Å². The molecule has 18 heavy (non-hydrogen) atoms. The highest BCUT2D eigenvalue weighted by molar-refractivity contribution is 6.03. The fraction of sp³-hybridized carbons (Fsp3) is 0.750. The van der Waals surface area contributed by atoms with Crippen molar-refractivity contribution in [3.05, 3.63) is 0 Å². The lowest BCUT2D eigenvalue weighted by Gasteiger charge is -2.33. The van der Waals surface area contributed by atoms with Gasteiger partial charge in [0.05, 0.1) is 0 Å². The van der Waals surface area contributed by atoms with Gasteiger partial charge in [0.1, 0.15) is 12.6 Å². The van der Waals surface area contributed by atoms with Gasteiger partial charge in [-0.3, -0.25) is 14.9 Å². The van der Waals surface area contributed by atoms with Crippen LogP contribution in [-0.4, -0.2) is 41.4 Å². The van der Waals surface area contributed by atoms with E-state index < -0.39 is 17.9 Å². The Balaban J connectivity index is 1.94. The Morgan fingerprint density at radius 2 is 1.94 bits per heavy atom. The van der Waals surface area contributed by atoms with Crippen molar-refractivity contribution in [2.24, 2.45) is 0 Å². The molecule has 6 nitrogen and oxygen atoms in total. The van der Waals surface area contributed by atoms with Crippen molar-refractivity contribution in [1.82, 2.24) is 15.5 Å². The van der Waals surface area contributed by atoms with Gasteiger partial charge in [0.2, 0.25) is 11.8 Å². The second-order valence-electron chi connectivity index (χ2n) is 5.00. The number of carbonyl (C=O) groups is 3. The SMILES string of the molecule is CC1C(=O)NC(=O)CN1C(=O)NC1CCCCC1. The summed E-state index contributed by atoms with van der Waals surface area (Å²) in [4.78, 5) is 36.1. The number of hydrogen-bond acceptors (Lipinski definition) is 3. The van der Waals surface area contributed by atoms with Gasteiger partial charge in [0, 0.05) is 6.04 Å². The van der Waals surface area contributed by atoms with Gasteiger partial charge >= 0.3 is 6.03 Å². The van der Waals surface area contributed by atoms with Crippen LogP contribution in [0.25, 0.3) is 0 Å². The van der Waals surface area contributed by atoms with Crippen LogP contribution < -0.4 is 10.6 Å². The highest BCUT2D eigenvalue weighted by atomic mass is 16.2. The van der Waals surface area contributed by atoms with Crippen molar-refractivity contribution in [3.8, 4) is 0 Å². The van der Waals surface area contributed by atoms with E-state index in [1.54, 1.807) is 6.92 Å². The van der Waals surface area contributed by atoms with Crippen molar-refractivity contribution in [2.75, 3.05) is 6.54 Å². The maximum absolute atomic E-state index is 12.1. The van der Waals surface area contributed by atoms with E-state index in [0.29, 0.717) is 0 Å². The van der Waals surface area contributed by atoms with Gasteiger partial charge in [-0.15, -0.1) is 0 Å². The van der Waals surface area contributed by atoms with E-state index in [-0.39, 0.29) is 18.6 Å². The van der Waals surface area contributed by atoms with Gasteiger partial charge in [-0.05, 0) is 19.8 Å². The monoisotopic (exact) mass is 253 g/mol. The van der Waals surface area contributed by atoms with E-state index >= 15 is 0 Å². The summed E-state index contributed by atoms with van der Waals surface area (Å²) in [7, 11) is 0. The Kier molecular flexibility index (Phi) is 3.84. The Hall–Kier alpha value is -1.59. The third-order valence-electron chi connectivity index (χ3n) is 3.62. The number of carbonyl (C=O) groups excluding carboxylic acids is 3. The third-order valence-corrected chi connectivity index (χ3v) is 3.62. The summed E-state index contributed by atoms with van der Waals surface area (Å²) in [6.45, 7) is 1.58. The molecular formula is C12H19N3O3. The van der Waals surface area contributed by atoms with Gasteiger partial charge < -0.3 is 10.2 Å². The second-order valence-corrected chi connectivity index (χ2v) is 5.00. The molecular weight excluding hydrogens is 234 g/mol. The molecule has 1 saturated carbocycles. The van der Waals surface area contributed by atoms with Gasteiger partial charge in [0.25, 0.3) is 0 Å². The molecule has 6 heteroatoms. The molecule has 2 fully saturated rings. The van der Waals surface area contributed by atoms with Crippen molar-refractivity contribution >= 4 is 17.8 Å². The van der Waals surface area contributed by atoms with E-state index in [4.69, 9.17) is 0 Å². The molecule has 4 amide bonds. The maximum atomic E-state index is 12.1. The topological polar surface area (TPSA) is 78.5 Å². The van der Waals surface area contributed by atoms with Gasteiger partial charge in [0.15, 0.2) is 0 Å². The van der Waals surface area contributed by atoms with Gasteiger partial charge in [-0.2, -0.15) is 0 Å². The fourth-order valence-electron chi connectivity index (χ4n) is 2.47. The molecule has 1 aliphatic carbocycles. The molecule has 1 heterocycles. The number of nitrogens with one attached hydrogen (secondary N) is 2. The van der Waals surface area contributed by atoms with Gasteiger partial charge in [-0.1, -0.05) is 19.3 Å². The number of rotatable bonds is 1. The molecule has 2 rings (SSSR count). The fourth-order valence-corrected chi connectivity index (χ4v) is 2.47. The number of nitrogens with zero attached hydrogens (tertiary/aromatic N) is 1. The predicted molar refractivity (Wildman–Crippen MR) is 64.7 cm³/mol. The van der Waals surface area contributed by atoms with Crippen LogP contribution in [0.3, 0.4) is 0 Å². The molecule has 0 radical (unpaired) electrons. The van der Waals surface area contributed by atoms with Crippen LogP contribution in [0.5, 0.6) is 0 Å². The van der Waals surface area contributed by atoms with Crippen LogP contribution in [0.4, 0.5) is 4.79 Å². The quantitative estimate of drug-likeness (QED) is 0.663. The first-order chi connectivity index (χ1) is 8.58. The first kappa shape index (κ1) is 12.9. The second kappa shape index (κ2) is 5.37. The van der Waals surface area contributed by atoms with Crippen LogP contribution in [0, 0.1) is 0 Å². The predicted octanol–water partition coefficient (Wildman–Crippen LogP) is 0.376. The summed E-state index contributed by atoms with van der Waals surface area (Å²) in [6.07, 6.45) is 5.43.